The second-order valence-electron chi connectivity index (χ2n) is 10.6. The van der Waals surface area contributed by atoms with Gasteiger partial charge in [-0.2, -0.15) is 5.26 Å². The Hall–Kier alpha value is -4.09. The largest absolute Gasteiger partial charge is 0.338 e. The van der Waals surface area contributed by atoms with Crippen LogP contribution in [0.1, 0.15) is 73.6 Å². The van der Waals surface area contributed by atoms with Crippen molar-refractivity contribution >= 4 is 29.1 Å². The first kappa shape index (κ1) is 24.3. The molecule has 2 heteroatoms. The molecule has 3 aromatic carbocycles. The zero-order valence-electron chi connectivity index (χ0n) is 22.1. The van der Waals surface area contributed by atoms with Gasteiger partial charge >= 0.3 is 0 Å². The Labute approximate surface area is 226 Å². The van der Waals surface area contributed by atoms with Gasteiger partial charge < -0.3 is 4.90 Å². The number of nitrogens with zero attached hydrogens (tertiary/aromatic N) is 2. The molecule has 6 rings (SSSR count). The summed E-state index contributed by atoms with van der Waals surface area (Å²) >= 11 is 0. The molecule has 3 aliphatic rings. The minimum absolute atomic E-state index is 0.518. The quantitative estimate of drug-likeness (QED) is 0.252. The lowest BCUT2D eigenvalue weighted by atomic mass is 9.92. The van der Waals surface area contributed by atoms with E-state index in [9.17, 15) is 5.26 Å². The summed E-state index contributed by atoms with van der Waals surface area (Å²) in [5, 5.41) is 9.40. The summed E-state index contributed by atoms with van der Waals surface area (Å²) in [6.07, 6.45) is 18.0. The summed E-state index contributed by atoms with van der Waals surface area (Å²) in [5.74, 6) is 0.569. The van der Waals surface area contributed by atoms with Crippen LogP contribution < -0.4 is 4.90 Å². The van der Waals surface area contributed by atoms with Crippen molar-refractivity contribution < 1.29 is 0 Å². The predicted molar refractivity (Wildman–Crippen MR) is 160 cm³/mol. The van der Waals surface area contributed by atoms with Gasteiger partial charge in [-0.1, -0.05) is 80.1 Å². The molecule has 2 atom stereocenters. The van der Waals surface area contributed by atoms with Crippen LogP contribution in [-0.4, -0.2) is 6.04 Å². The molecule has 2 aliphatic carbocycles. The molecule has 38 heavy (non-hydrogen) atoms. The normalized spacial score (nSPS) is 20.6. The minimum atomic E-state index is 0.518. The third kappa shape index (κ3) is 4.66. The van der Waals surface area contributed by atoms with Gasteiger partial charge in [0.2, 0.25) is 0 Å². The van der Waals surface area contributed by atoms with Crippen molar-refractivity contribution in [3.05, 3.63) is 124 Å². The maximum absolute atomic E-state index is 9.40. The Morgan fingerprint density at radius 3 is 2.50 bits per heavy atom. The Morgan fingerprint density at radius 1 is 0.947 bits per heavy atom. The van der Waals surface area contributed by atoms with Gasteiger partial charge in [0.1, 0.15) is 0 Å². The molecule has 0 bridgehead atoms. The highest BCUT2D eigenvalue weighted by molar-refractivity contribution is 5.93. The van der Waals surface area contributed by atoms with Crippen molar-refractivity contribution in [2.45, 2.75) is 57.4 Å². The first-order chi connectivity index (χ1) is 18.7. The van der Waals surface area contributed by atoms with E-state index < -0.39 is 0 Å². The Morgan fingerprint density at radius 2 is 1.76 bits per heavy atom. The molecule has 0 saturated heterocycles. The molecule has 188 valence electrons. The van der Waals surface area contributed by atoms with Gasteiger partial charge in [-0.15, -0.1) is 0 Å². The molecule has 0 aromatic heterocycles. The van der Waals surface area contributed by atoms with Crippen molar-refractivity contribution in [3.8, 4) is 6.07 Å². The van der Waals surface area contributed by atoms with Gasteiger partial charge in [-0.25, -0.2) is 0 Å². The third-order valence-electron chi connectivity index (χ3n) is 8.26. The van der Waals surface area contributed by atoms with Crippen LogP contribution in [0.15, 0.2) is 102 Å². The van der Waals surface area contributed by atoms with E-state index in [1.165, 1.54) is 58.5 Å². The Balaban J connectivity index is 1.34. The average molecular weight is 495 g/mol. The highest BCUT2D eigenvalue weighted by Gasteiger charge is 2.42. The van der Waals surface area contributed by atoms with Crippen molar-refractivity contribution in [1.82, 2.24) is 0 Å². The number of hydrogen-bond acceptors (Lipinski definition) is 2. The topological polar surface area (TPSA) is 27.0 Å². The molecule has 0 spiro atoms. The monoisotopic (exact) mass is 494 g/mol. The standard InChI is InChI=1S/C36H34N2/c1-2-26(25-37)22-28-18-21-36-34(24-28)32-14-9-15-35(32)38(36)31-19-16-27(17-20-31)23-33(29-10-5-3-6-11-29)30-12-7-4-8-13-30/h3,5-7,10-13,16-24,32,35H,2,4,8-9,14-15H2,1H3. The van der Waals surface area contributed by atoms with Crippen LogP contribution in [0.4, 0.5) is 11.4 Å². The third-order valence-corrected chi connectivity index (χ3v) is 8.26. The summed E-state index contributed by atoms with van der Waals surface area (Å²) < 4.78 is 0. The molecule has 0 N–H and O–H groups in total. The summed E-state index contributed by atoms with van der Waals surface area (Å²) in [6, 6.07) is 29.5. The maximum atomic E-state index is 9.40. The van der Waals surface area contributed by atoms with E-state index in [0.717, 1.165) is 30.4 Å². The molecule has 1 heterocycles. The van der Waals surface area contributed by atoms with Gasteiger partial charge in [0.05, 0.1) is 6.07 Å². The lowest BCUT2D eigenvalue weighted by molar-refractivity contribution is 0.642. The molecule has 3 aromatic rings. The van der Waals surface area contributed by atoms with E-state index in [2.05, 4.69) is 114 Å². The van der Waals surface area contributed by atoms with Crippen LogP contribution >= 0.6 is 0 Å². The molecule has 2 nitrogen and oxygen atoms in total. The number of rotatable bonds is 6. The van der Waals surface area contributed by atoms with E-state index >= 15 is 0 Å². The number of fused-ring (bicyclic) bond motifs is 3. The second-order valence-corrected chi connectivity index (χ2v) is 10.6. The smallest absolute Gasteiger partial charge is 0.0947 e. The van der Waals surface area contributed by atoms with Crippen LogP contribution in [-0.2, 0) is 0 Å². The van der Waals surface area contributed by atoms with E-state index in [-0.39, 0.29) is 0 Å². The van der Waals surface area contributed by atoms with Crippen molar-refractivity contribution in [2.75, 3.05) is 4.90 Å². The molecule has 1 aliphatic heterocycles. The van der Waals surface area contributed by atoms with Crippen LogP contribution in [0.25, 0.3) is 17.7 Å². The number of hydrogen-bond donors (Lipinski definition) is 0. The van der Waals surface area contributed by atoms with Crippen molar-refractivity contribution in [3.63, 3.8) is 0 Å². The summed E-state index contributed by atoms with van der Waals surface area (Å²) in [6.45, 7) is 2.04. The summed E-state index contributed by atoms with van der Waals surface area (Å²) in [5.41, 5.74) is 11.1. The molecule has 1 saturated carbocycles. The van der Waals surface area contributed by atoms with Crippen molar-refractivity contribution in [1.29, 1.82) is 5.26 Å². The fraction of sp³-hybridized carbons (Fsp3) is 0.250. The zero-order chi connectivity index (χ0) is 25.9. The molecule has 1 fully saturated rings. The van der Waals surface area contributed by atoms with Crippen LogP contribution in [0, 0.1) is 11.3 Å². The number of benzene rings is 3. The van der Waals surface area contributed by atoms with Gasteiger partial charge in [-0.05, 0) is 102 Å². The van der Waals surface area contributed by atoms with E-state index in [1.807, 2.05) is 6.92 Å². The van der Waals surface area contributed by atoms with E-state index in [0.29, 0.717) is 12.0 Å². The molecule has 2 unspecified atom stereocenters. The van der Waals surface area contributed by atoms with Gasteiger partial charge in [-0.3, -0.25) is 0 Å². The molecular formula is C36H34N2. The lowest BCUT2D eigenvalue weighted by Crippen LogP contribution is -2.26. The first-order valence-corrected chi connectivity index (χ1v) is 14.0. The SMILES string of the molecule is CCC(C#N)=Cc1ccc2c(c1)C1CCCC1N2c1ccc(C=C(C2=CCCC=C2)c2ccccc2)cc1. The van der Waals surface area contributed by atoms with Crippen LogP contribution in [0.5, 0.6) is 0 Å². The van der Waals surface area contributed by atoms with Gasteiger partial charge in [0.15, 0.2) is 0 Å². The number of allylic oxidation sites excluding steroid dienone is 6. The van der Waals surface area contributed by atoms with Crippen molar-refractivity contribution in [2.24, 2.45) is 0 Å². The Kier molecular flexibility index (Phi) is 6.84. The summed E-state index contributed by atoms with van der Waals surface area (Å²) in [4.78, 5) is 2.57. The lowest BCUT2D eigenvalue weighted by Gasteiger charge is -2.27. The molecule has 0 amide bonds. The zero-order valence-corrected chi connectivity index (χ0v) is 22.1. The number of nitriles is 1. The van der Waals surface area contributed by atoms with Crippen LogP contribution in [0.3, 0.4) is 0 Å². The predicted octanol–water partition coefficient (Wildman–Crippen LogP) is 9.61. The summed E-state index contributed by atoms with van der Waals surface area (Å²) in [7, 11) is 0. The fourth-order valence-corrected chi connectivity index (χ4v) is 6.38. The minimum Gasteiger partial charge on any atom is -0.338 e. The Bertz CT molecular complexity index is 1480. The second kappa shape index (κ2) is 10.7. The van der Waals surface area contributed by atoms with E-state index in [1.54, 1.807) is 0 Å². The maximum Gasteiger partial charge on any atom is 0.0947 e. The van der Waals surface area contributed by atoms with Crippen LogP contribution in [0.2, 0.25) is 0 Å². The van der Waals surface area contributed by atoms with Gasteiger partial charge in [0.25, 0.3) is 0 Å². The molecule has 0 radical (unpaired) electrons. The van der Waals surface area contributed by atoms with Gasteiger partial charge in [0, 0.05) is 28.9 Å². The average Bonchev–Trinajstić information content (AvgIpc) is 3.57. The van der Waals surface area contributed by atoms with E-state index in [4.69, 9.17) is 0 Å². The highest BCUT2D eigenvalue weighted by atomic mass is 15.2. The fourth-order valence-electron chi connectivity index (χ4n) is 6.38. The first-order valence-electron chi connectivity index (χ1n) is 14.0. The molecular weight excluding hydrogens is 460 g/mol. The highest BCUT2D eigenvalue weighted by Crippen LogP contribution is 2.52. The number of anilines is 2.